The van der Waals surface area contributed by atoms with E-state index in [0.29, 0.717) is 12.2 Å². The summed E-state index contributed by atoms with van der Waals surface area (Å²) in [6, 6.07) is -4.91. The van der Waals surface area contributed by atoms with Crippen molar-refractivity contribution in [3.8, 4) is 0 Å². The van der Waals surface area contributed by atoms with Gasteiger partial charge in [0.15, 0.2) is 0 Å². The number of fused-ring (bicyclic) bond motifs is 7. The Kier molecular flexibility index (Phi) is 8.18. The van der Waals surface area contributed by atoms with Crippen LogP contribution in [-0.2, 0) is 28.7 Å². The monoisotopic (exact) mass is 547 g/mol. The normalized spacial score (nSPS) is 33.5. The lowest BCUT2D eigenvalue weighted by atomic mass is 10.0. The van der Waals surface area contributed by atoms with E-state index in [1.54, 1.807) is 19.9 Å². The van der Waals surface area contributed by atoms with Crippen LogP contribution in [0.15, 0.2) is 23.9 Å². The minimum Gasteiger partial charge on any atom is -0.456 e. The standard InChI is InChI=1S/C24H36N4O6S2/c1-6-16-21(30)28-20(14(4)5)24(33)34-15-9-7-8-10-35-36-12-17(22(31)25-16)26-23(32)19(13(2)3)27-18(29)11-15/h6-7,9,13-15,17,19-20H,8,10-12H2,1-5H3,(H,25,31)(H,26,32)(H,27,29)(H,28,30)/b9-7+,16-6-/t15-,17-,19-,20+/m1/s1/i4D3,5D3,14D. The molecule has 0 radical (unpaired) electrons. The average molecular weight is 548 g/mol. The smallest absolute Gasteiger partial charge is 0.329 e. The number of carbonyl (C=O) groups is 5. The zero-order valence-electron chi connectivity index (χ0n) is 27.2. The Morgan fingerprint density at radius 1 is 1.08 bits per heavy atom. The van der Waals surface area contributed by atoms with Crippen LogP contribution in [0.1, 0.15) is 56.9 Å². The van der Waals surface area contributed by atoms with Gasteiger partial charge in [-0.15, -0.1) is 0 Å². The molecule has 0 spiro atoms. The van der Waals surface area contributed by atoms with Gasteiger partial charge in [0.1, 0.15) is 29.9 Å². The predicted octanol–water partition coefficient (Wildman–Crippen LogP) is 1.43. The molecule has 1 saturated heterocycles. The summed E-state index contributed by atoms with van der Waals surface area (Å²) in [5.41, 5.74) is -0.500. The Balaban J connectivity index is 2.77. The molecule has 200 valence electrons. The molecule has 0 aliphatic carbocycles. The molecule has 2 rings (SSSR count). The number of nitrogens with one attached hydrogen (secondary N) is 4. The number of esters is 1. The first-order valence-electron chi connectivity index (χ1n) is 14.8. The molecule has 0 unspecified atom stereocenters. The fourth-order valence-electron chi connectivity index (χ4n) is 3.24. The first-order valence-corrected chi connectivity index (χ1v) is 13.8. The molecule has 2 bridgehead atoms. The fourth-order valence-corrected chi connectivity index (χ4v) is 5.39. The third-order valence-electron chi connectivity index (χ3n) is 5.18. The van der Waals surface area contributed by atoms with Gasteiger partial charge in [-0.25, -0.2) is 4.79 Å². The van der Waals surface area contributed by atoms with Crippen LogP contribution < -0.4 is 21.3 Å². The van der Waals surface area contributed by atoms with Crippen LogP contribution >= 0.6 is 21.6 Å². The van der Waals surface area contributed by atoms with E-state index in [1.807, 2.05) is 5.32 Å². The van der Waals surface area contributed by atoms with Crippen molar-refractivity contribution in [2.24, 2.45) is 11.8 Å². The lowest BCUT2D eigenvalue weighted by Crippen LogP contribution is -2.57. The summed E-state index contributed by atoms with van der Waals surface area (Å²) in [4.78, 5) is 66.4. The van der Waals surface area contributed by atoms with Gasteiger partial charge in [0, 0.05) is 21.1 Å². The van der Waals surface area contributed by atoms with E-state index in [0.717, 1.165) is 6.08 Å². The van der Waals surface area contributed by atoms with Crippen LogP contribution in [0.4, 0.5) is 0 Å². The maximum absolute atomic E-state index is 13.5. The van der Waals surface area contributed by atoms with Gasteiger partial charge in [-0.05, 0) is 31.2 Å². The highest BCUT2D eigenvalue weighted by Crippen LogP contribution is 2.24. The largest absolute Gasteiger partial charge is 0.456 e. The van der Waals surface area contributed by atoms with E-state index in [1.165, 1.54) is 34.6 Å². The van der Waals surface area contributed by atoms with Crippen molar-refractivity contribution in [3.05, 3.63) is 23.9 Å². The fraction of sp³-hybridized carbons (Fsp3) is 0.625. The van der Waals surface area contributed by atoms with Crippen molar-refractivity contribution in [2.75, 3.05) is 11.5 Å². The second-order valence-electron chi connectivity index (χ2n) is 8.36. The van der Waals surface area contributed by atoms with Crippen LogP contribution in [0.5, 0.6) is 0 Å². The summed E-state index contributed by atoms with van der Waals surface area (Å²) in [5, 5.41) is 9.47. The molecule has 12 heteroatoms. The summed E-state index contributed by atoms with van der Waals surface area (Å²) < 4.78 is 61.1. The van der Waals surface area contributed by atoms with E-state index in [4.69, 9.17) is 14.3 Å². The van der Waals surface area contributed by atoms with Crippen LogP contribution in [0, 0.1) is 11.8 Å². The van der Waals surface area contributed by atoms with E-state index in [-0.39, 0.29) is 5.75 Å². The SMILES string of the molecule is [2H]C([2H])([2H])C([2H])([C@@H]1NC(=O)/C(=C/C)NC(=O)[C@H]2CSSCC/C=C/[C@H](CC(=O)N[C@H](C(C)C)C(=O)N2)OC1=O)C([2H])([2H])[2H]. The Morgan fingerprint density at radius 3 is 2.50 bits per heavy atom. The van der Waals surface area contributed by atoms with Crippen molar-refractivity contribution in [1.29, 1.82) is 0 Å². The van der Waals surface area contributed by atoms with Crippen molar-refractivity contribution in [1.82, 2.24) is 21.3 Å². The first kappa shape index (κ1) is 20.6. The van der Waals surface area contributed by atoms with Gasteiger partial charge >= 0.3 is 5.97 Å². The van der Waals surface area contributed by atoms with Gasteiger partial charge in [-0.2, -0.15) is 0 Å². The van der Waals surface area contributed by atoms with Gasteiger partial charge < -0.3 is 26.0 Å². The number of ether oxygens (including phenoxy) is 1. The summed E-state index contributed by atoms with van der Waals surface area (Å²) in [7, 11) is 2.66. The molecule has 0 aromatic rings. The molecule has 10 nitrogen and oxygen atoms in total. The van der Waals surface area contributed by atoms with Gasteiger partial charge in [0.2, 0.25) is 17.7 Å². The Morgan fingerprint density at radius 2 is 1.83 bits per heavy atom. The summed E-state index contributed by atoms with van der Waals surface area (Å²) in [6.07, 6.45) is 2.54. The highest BCUT2D eigenvalue weighted by molar-refractivity contribution is 8.76. The molecule has 2 heterocycles. The lowest BCUT2D eigenvalue weighted by molar-refractivity contribution is -0.153. The molecule has 2 aliphatic rings. The molecule has 4 atom stereocenters. The lowest BCUT2D eigenvalue weighted by Gasteiger charge is -2.27. The van der Waals surface area contributed by atoms with Gasteiger partial charge in [-0.1, -0.05) is 61.3 Å². The quantitative estimate of drug-likeness (QED) is 0.176. The zero-order chi connectivity index (χ0) is 32.8. The molecule has 4 amide bonds. The van der Waals surface area contributed by atoms with E-state index in [2.05, 4.69) is 16.0 Å². The van der Waals surface area contributed by atoms with E-state index >= 15 is 0 Å². The van der Waals surface area contributed by atoms with Gasteiger partial charge in [0.25, 0.3) is 5.91 Å². The molecular weight excluding hydrogens is 504 g/mol. The molecule has 4 N–H and O–H groups in total. The van der Waals surface area contributed by atoms with Crippen LogP contribution in [-0.4, -0.2) is 65.3 Å². The molecule has 2 aliphatic heterocycles. The van der Waals surface area contributed by atoms with Crippen LogP contribution in [0.2, 0.25) is 0 Å². The Labute approximate surface area is 229 Å². The second-order valence-corrected chi connectivity index (χ2v) is 11.0. The third-order valence-corrected chi connectivity index (χ3v) is 7.63. The number of hydrogen-bond donors (Lipinski definition) is 4. The van der Waals surface area contributed by atoms with Crippen LogP contribution in [0.3, 0.4) is 0 Å². The van der Waals surface area contributed by atoms with Gasteiger partial charge in [0.05, 0.1) is 6.42 Å². The van der Waals surface area contributed by atoms with Crippen molar-refractivity contribution < 1.29 is 38.3 Å². The summed E-state index contributed by atoms with van der Waals surface area (Å²) in [6.45, 7) is -2.62. The summed E-state index contributed by atoms with van der Waals surface area (Å²) >= 11 is 0. The molecule has 36 heavy (non-hydrogen) atoms. The van der Waals surface area contributed by atoms with Crippen molar-refractivity contribution >= 4 is 51.2 Å². The van der Waals surface area contributed by atoms with Crippen LogP contribution in [0.25, 0.3) is 0 Å². The molecule has 0 aromatic carbocycles. The molecule has 1 fully saturated rings. The maximum Gasteiger partial charge on any atom is 0.329 e. The predicted molar refractivity (Wildman–Crippen MR) is 141 cm³/mol. The first-order chi connectivity index (χ1) is 19.8. The number of rotatable bonds is 2. The minimum absolute atomic E-state index is 0.0596. The minimum atomic E-state index is -3.65. The maximum atomic E-state index is 13.5. The Bertz CT molecular complexity index is 1130. The highest BCUT2D eigenvalue weighted by atomic mass is 33.1. The molecular formula is C24H36N4O6S2. The second kappa shape index (κ2) is 14.3. The van der Waals surface area contributed by atoms with E-state index < -0.39 is 91.5 Å². The number of amides is 4. The van der Waals surface area contributed by atoms with Crippen molar-refractivity contribution in [3.63, 3.8) is 0 Å². The zero-order valence-corrected chi connectivity index (χ0v) is 21.8. The van der Waals surface area contributed by atoms with Gasteiger partial charge in [-0.3, -0.25) is 19.2 Å². The van der Waals surface area contributed by atoms with Crippen molar-refractivity contribution in [2.45, 2.75) is 71.5 Å². The number of carbonyl (C=O) groups excluding carboxylic acids is 5. The topological polar surface area (TPSA) is 143 Å². The summed E-state index contributed by atoms with van der Waals surface area (Å²) in [5.74, 6) is -8.61. The highest BCUT2D eigenvalue weighted by Gasteiger charge is 2.33. The van der Waals surface area contributed by atoms with E-state index in [9.17, 15) is 24.0 Å². The number of allylic oxidation sites excluding steroid dienone is 2. The Hall–Kier alpha value is -2.47. The third kappa shape index (κ3) is 8.88. The number of hydrogen-bond acceptors (Lipinski definition) is 8. The molecule has 0 aromatic heterocycles. The average Bonchev–Trinajstić information content (AvgIpc) is 2.88. The molecule has 0 saturated carbocycles.